The molecule has 0 spiro atoms. The highest BCUT2D eigenvalue weighted by atomic mass is 15.3. The molecule has 4 rings (SSSR count). The molecule has 5 heteroatoms. The maximum absolute atomic E-state index is 4.38. The summed E-state index contributed by atoms with van der Waals surface area (Å²) < 4.78 is 0. The van der Waals surface area contributed by atoms with E-state index in [-0.39, 0.29) is 0 Å². The second kappa shape index (κ2) is 5.60. The summed E-state index contributed by atoms with van der Waals surface area (Å²) >= 11 is 0. The first-order chi connectivity index (χ1) is 10.9. The van der Waals surface area contributed by atoms with Gasteiger partial charge in [0, 0.05) is 55.8 Å². The van der Waals surface area contributed by atoms with Crippen LogP contribution in [0.4, 0.5) is 11.6 Å². The number of fused-ring (bicyclic) bond motifs is 1. The zero-order chi connectivity index (χ0) is 14.8. The molecule has 0 N–H and O–H groups in total. The SMILES string of the molecule is c1cnc(N2CCN(c3ccc4ncccc4c3)CC2)nc1. The van der Waals surface area contributed by atoms with E-state index in [9.17, 15) is 0 Å². The van der Waals surface area contributed by atoms with E-state index in [1.807, 2.05) is 18.3 Å². The van der Waals surface area contributed by atoms with Crippen LogP contribution in [0.1, 0.15) is 0 Å². The lowest BCUT2D eigenvalue weighted by atomic mass is 10.1. The van der Waals surface area contributed by atoms with Gasteiger partial charge in [-0.1, -0.05) is 6.07 Å². The van der Waals surface area contributed by atoms with Crippen LogP contribution in [0.5, 0.6) is 0 Å². The van der Waals surface area contributed by atoms with Crippen molar-refractivity contribution in [1.82, 2.24) is 15.0 Å². The van der Waals surface area contributed by atoms with E-state index >= 15 is 0 Å². The third-order valence-corrected chi connectivity index (χ3v) is 4.07. The van der Waals surface area contributed by atoms with E-state index in [0.717, 1.165) is 37.6 Å². The summed E-state index contributed by atoms with van der Waals surface area (Å²) in [6.45, 7) is 3.83. The first kappa shape index (κ1) is 13.0. The summed E-state index contributed by atoms with van der Waals surface area (Å²) in [4.78, 5) is 17.7. The average molecular weight is 291 g/mol. The van der Waals surface area contributed by atoms with Crippen molar-refractivity contribution in [3.63, 3.8) is 0 Å². The quantitative estimate of drug-likeness (QED) is 0.725. The Bertz CT molecular complexity index is 766. The highest BCUT2D eigenvalue weighted by molar-refractivity contribution is 5.82. The molecule has 1 saturated heterocycles. The summed E-state index contributed by atoms with van der Waals surface area (Å²) in [5.41, 5.74) is 2.30. The van der Waals surface area contributed by atoms with Crippen LogP contribution in [0.25, 0.3) is 10.9 Å². The molecular formula is C17H17N5. The summed E-state index contributed by atoms with van der Waals surface area (Å²) in [5, 5.41) is 1.19. The van der Waals surface area contributed by atoms with Gasteiger partial charge in [0.2, 0.25) is 5.95 Å². The molecule has 0 bridgehead atoms. The maximum Gasteiger partial charge on any atom is 0.225 e. The Labute approximate surface area is 129 Å². The third kappa shape index (κ3) is 2.45. The smallest absolute Gasteiger partial charge is 0.225 e. The molecule has 0 atom stereocenters. The van der Waals surface area contributed by atoms with Gasteiger partial charge in [0.15, 0.2) is 0 Å². The second-order valence-electron chi connectivity index (χ2n) is 5.40. The highest BCUT2D eigenvalue weighted by Crippen LogP contribution is 2.22. The molecule has 0 unspecified atom stereocenters. The van der Waals surface area contributed by atoms with Gasteiger partial charge in [-0.2, -0.15) is 0 Å². The molecule has 3 heterocycles. The molecule has 0 amide bonds. The molecule has 0 saturated carbocycles. The van der Waals surface area contributed by atoms with Gasteiger partial charge in [0.05, 0.1) is 5.52 Å². The van der Waals surface area contributed by atoms with Gasteiger partial charge in [-0.05, 0) is 30.3 Å². The Kier molecular flexibility index (Phi) is 3.31. The predicted octanol–water partition coefficient (Wildman–Crippen LogP) is 2.35. The monoisotopic (exact) mass is 291 g/mol. The molecule has 0 radical (unpaired) electrons. The first-order valence-electron chi connectivity index (χ1n) is 7.52. The maximum atomic E-state index is 4.38. The lowest BCUT2D eigenvalue weighted by Crippen LogP contribution is -2.47. The van der Waals surface area contributed by atoms with Crippen LogP contribution < -0.4 is 9.80 Å². The van der Waals surface area contributed by atoms with Crippen molar-refractivity contribution in [2.45, 2.75) is 0 Å². The Morgan fingerprint density at radius 2 is 1.45 bits per heavy atom. The Morgan fingerprint density at radius 1 is 0.727 bits per heavy atom. The highest BCUT2D eigenvalue weighted by Gasteiger charge is 2.19. The fourth-order valence-corrected chi connectivity index (χ4v) is 2.88. The lowest BCUT2D eigenvalue weighted by molar-refractivity contribution is 0.640. The number of nitrogens with zero attached hydrogens (tertiary/aromatic N) is 5. The van der Waals surface area contributed by atoms with Crippen molar-refractivity contribution >= 4 is 22.5 Å². The Morgan fingerprint density at radius 3 is 2.27 bits per heavy atom. The minimum atomic E-state index is 0.824. The second-order valence-corrected chi connectivity index (χ2v) is 5.40. The summed E-state index contributed by atoms with van der Waals surface area (Å²) in [6, 6.07) is 12.4. The van der Waals surface area contributed by atoms with Gasteiger partial charge >= 0.3 is 0 Å². The lowest BCUT2D eigenvalue weighted by Gasteiger charge is -2.36. The van der Waals surface area contributed by atoms with E-state index in [0.29, 0.717) is 0 Å². The number of pyridine rings is 1. The van der Waals surface area contributed by atoms with Gasteiger partial charge in [-0.15, -0.1) is 0 Å². The van der Waals surface area contributed by atoms with Gasteiger partial charge in [0.25, 0.3) is 0 Å². The molecule has 1 fully saturated rings. The number of hydrogen-bond acceptors (Lipinski definition) is 5. The fourth-order valence-electron chi connectivity index (χ4n) is 2.88. The molecule has 1 aliphatic rings. The minimum absolute atomic E-state index is 0.824. The summed E-state index contributed by atoms with van der Waals surface area (Å²) in [6.07, 6.45) is 5.43. The Hall–Kier alpha value is -2.69. The topological polar surface area (TPSA) is 45.2 Å². The van der Waals surface area contributed by atoms with Crippen molar-refractivity contribution in [3.05, 3.63) is 55.0 Å². The number of aromatic nitrogens is 3. The third-order valence-electron chi connectivity index (χ3n) is 4.07. The van der Waals surface area contributed by atoms with Gasteiger partial charge in [0.1, 0.15) is 0 Å². The van der Waals surface area contributed by atoms with Crippen molar-refractivity contribution in [2.24, 2.45) is 0 Å². The molecular weight excluding hydrogens is 274 g/mol. The number of anilines is 2. The number of rotatable bonds is 2. The van der Waals surface area contributed by atoms with E-state index in [1.54, 1.807) is 12.4 Å². The summed E-state index contributed by atoms with van der Waals surface area (Å²) in [7, 11) is 0. The van der Waals surface area contributed by atoms with Crippen molar-refractivity contribution in [1.29, 1.82) is 0 Å². The van der Waals surface area contributed by atoms with Crippen LogP contribution in [0.3, 0.4) is 0 Å². The zero-order valence-electron chi connectivity index (χ0n) is 12.3. The van der Waals surface area contributed by atoms with Crippen LogP contribution in [-0.4, -0.2) is 41.1 Å². The number of hydrogen-bond donors (Lipinski definition) is 0. The molecule has 1 aromatic carbocycles. The van der Waals surface area contributed by atoms with Crippen LogP contribution in [0.2, 0.25) is 0 Å². The van der Waals surface area contributed by atoms with E-state index < -0.39 is 0 Å². The fraction of sp³-hybridized carbons (Fsp3) is 0.235. The van der Waals surface area contributed by atoms with Crippen molar-refractivity contribution < 1.29 is 0 Å². The average Bonchev–Trinajstić information content (AvgIpc) is 2.62. The van der Waals surface area contributed by atoms with Gasteiger partial charge in [-0.3, -0.25) is 4.98 Å². The van der Waals surface area contributed by atoms with Crippen LogP contribution in [0, 0.1) is 0 Å². The van der Waals surface area contributed by atoms with Gasteiger partial charge < -0.3 is 9.80 Å². The molecule has 1 aliphatic heterocycles. The molecule has 0 aliphatic carbocycles. The zero-order valence-corrected chi connectivity index (χ0v) is 12.3. The van der Waals surface area contributed by atoms with E-state index in [1.165, 1.54) is 11.1 Å². The molecule has 110 valence electrons. The van der Waals surface area contributed by atoms with Crippen molar-refractivity contribution in [2.75, 3.05) is 36.0 Å². The van der Waals surface area contributed by atoms with E-state index in [2.05, 4.69) is 49.0 Å². The number of benzene rings is 1. The van der Waals surface area contributed by atoms with Crippen molar-refractivity contribution in [3.8, 4) is 0 Å². The minimum Gasteiger partial charge on any atom is -0.368 e. The largest absolute Gasteiger partial charge is 0.368 e. The molecule has 2 aromatic heterocycles. The summed E-state index contributed by atoms with van der Waals surface area (Å²) in [5.74, 6) is 0.824. The van der Waals surface area contributed by atoms with E-state index in [4.69, 9.17) is 0 Å². The Balaban J connectivity index is 1.50. The predicted molar refractivity (Wildman–Crippen MR) is 88.2 cm³/mol. The van der Waals surface area contributed by atoms with Crippen LogP contribution >= 0.6 is 0 Å². The molecule has 5 nitrogen and oxygen atoms in total. The standard InChI is InChI=1S/C17H17N5/c1-3-14-13-15(4-5-16(14)18-6-1)21-9-11-22(12-10-21)17-19-7-2-8-20-17/h1-8,13H,9-12H2. The normalized spacial score (nSPS) is 15.3. The molecule has 3 aromatic rings. The molecule has 22 heavy (non-hydrogen) atoms. The van der Waals surface area contributed by atoms with Crippen LogP contribution in [-0.2, 0) is 0 Å². The van der Waals surface area contributed by atoms with Crippen LogP contribution in [0.15, 0.2) is 55.0 Å². The number of piperazine rings is 1. The first-order valence-corrected chi connectivity index (χ1v) is 7.52. The van der Waals surface area contributed by atoms with Gasteiger partial charge in [-0.25, -0.2) is 9.97 Å².